The summed E-state index contributed by atoms with van der Waals surface area (Å²) in [6.07, 6.45) is 4.17. The van der Waals surface area contributed by atoms with Crippen LogP contribution in [0.1, 0.15) is 10.4 Å². The summed E-state index contributed by atoms with van der Waals surface area (Å²) in [7, 11) is -3.86. The topological polar surface area (TPSA) is 94.0 Å². The van der Waals surface area contributed by atoms with Gasteiger partial charge in [0, 0.05) is 29.4 Å². The van der Waals surface area contributed by atoms with E-state index in [0.29, 0.717) is 10.9 Å². The Morgan fingerprint density at radius 1 is 1.13 bits per heavy atom. The maximum absolute atomic E-state index is 14.6. The fourth-order valence-corrected chi connectivity index (χ4v) is 3.99. The summed E-state index contributed by atoms with van der Waals surface area (Å²) in [5.41, 5.74) is 1.94. The molecule has 11 heteroatoms. The molecule has 2 aromatic carbocycles. The minimum Gasteiger partial charge on any atom is -0.268 e. The van der Waals surface area contributed by atoms with Crippen LogP contribution in [0, 0.1) is 5.82 Å². The van der Waals surface area contributed by atoms with Crippen LogP contribution in [0.2, 0.25) is 10.2 Å². The van der Waals surface area contributed by atoms with Gasteiger partial charge in [0.15, 0.2) is 5.15 Å². The predicted molar refractivity (Wildman–Crippen MR) is 117 cm³/mol. The Morgan fingerprint density at radius 2 is 1.90 bits per heavy atom. The molecule has 0 atom stereocenters. The van der Waals surface area contributed by atoms with Crippen molar-refractivity contribution < 1.29 is 17.6 Å². The van der Waals surface area contributed by atoms with Crippen LogP contribution in [-0.4, -0.2) is 35.3 Å². The van der Waals surface area contributed by atoms with E-state index in [1.807, 2.05) is 24.3 Å². The molecular weight excluding hydrogens is 466 g/mol. The summed E-state index contributed by atoms with van der Waals surface area (Å²) in [6.45, 7) is 0. The summed E-state index contributed by atoms with van der Waals surface area (Å²) >= 11 is 12.6. The molecular formula is C20H13Cl2FN4O3S. The van der Waals surface area contributed by atoms with Crippen molar-refractivity contribution in [3.8, 4) is 16.8 Å². The first-order chi connectivity index (χ1) is 14.6. The fraction of sp³-hybridized carbons (Fsp3) is 0.0500. The molecule has 0 saturated carbocycles. The van der Waals surface area contributed by atoms with Gasteiger partial charge in [-0.3, -0.25) is 9.78 Å². The van der Waals surface area contributed by atoms with E-state index < -0.39 is 27.3 Å². The molecule has 0 aliphatic heterocycles. The third kappa shape index (κ3) is 4.25. The fourth-order valence-electron chi connectivity index (χ4n) is 3.07. The molecule has 0 unspecified atom stereocenters. The Bertz CT molecular complexity index is 1440. The Morgan fingerprint density at radius 3 is 2.58 bits per heavy atom. The quantitative estimate of drug-likeness (QED) is 0.473. The molecule has 31 heavy (non-hydrogen) atoms. The molecule has 0 aliphatic rings. The van der Waals surface area contributed by atoms with E-state index in [1.54, 1.807) is 23.2 Å². The van der Waals surface area contributed by atoms with Crippen molar-refractivity contribution in [1.82, 2.24) is 19.5 Å². The van der Waals surface area contributed by atoms with Crippen molar-refractivity contribution in [2.75, 3.05) is 6.26 Å². The van der Waals surface area contributed by atoms with Gasteiger partial charge in [-0.1, -0.05) is 35.3 Å². The van der Waals surface area contributed by atoms with Crippen LogP contribution in [-0.2, 0) is 10.0 Å². The van der Waals surface area contributed by atoms with E-state index in [4.69, 9.17) is 23.2 Å². The van der Waals surface area contributed by atoms with E-state index in [1.165, 1.54) is 4.68 Å². The number of benzene rings is 2. The number of nitrogens with zero attached hydrogens (tertiary/aromatic N) is 3. The lowest BCUT2D eigenvalue weighted by molar-refractivity contribution is 0.0978. The number of hydrogen-bond donors (Lipinski definition) is 1. The lowest BCUT2D eigenvalue weighted by Gasteiger charge is -2.10. The number of sulfonamides is 1. The molecule has 1 amide bonds. The molecule has 2 heterocycles. The molecule has 158 valence electrons. The summed E-state index contributed by atoms with van der Waals surface area (Å²) < 4.78 is 40.2. The van der Waals surface area contributed by atoms with Gasteiger partial charge < -0.3 is 0 Å². The van der Waals surface area contributed by atoms with Gasteiger partial charge in [0.25, 0.3) is 5.91 Å². The van der Waals surface area contributed by atoms with E-state index in [2.05, 4.69) is 10.1 Å². The molecule has 4 aromatic rings. The first kappa shape index (κ1) is 21.2. The number of fused-ring (bicyclic) bond motifs is 1. The molecule has 0 bridgehead atoms. The van der Waals surface area contributed by atoms with Crippen LogP contribution in [0.4, 0.5) is 4.39 Å². The van der Waals surface area contributed by atoms with Crippen molar-refractivity contribution >= 4 is 50.0 Å². The second-order valence-corrected chi connectivity index (χ2v) is 9.18. The van der Waals surface area contributed by atoms with Gasteiger partial charge in [-0.25, -0.2) is 22.2 Å². The molecule has 0 saturated heterocycles. The molecule has 0 aliphatic carbocycles. The number of aromatic nitrogens is 3. The molecule has 2 aromatic heterocycles. The first-order valence-corrected chi connectivity index (χ1v) is 11.4. The van der Waals surface area contributed by atoms with Crippen molar-refractivity contribution in [3.05, 3.63) is 76.4 Å². The van der Waals surface area contributed by atoms with Gasteiger partial charge in [0.05, 0.1) is 28.0 Å². The highest BCUT2D eigenvalue weighted by molar-refractivity contribution is 7.89. The number of rotatable bonds is 4. The van der Waals surface area contributed by atoms with E-state index in [-0.39, 0.29) is 15.9 Å². The Balaban J connectivity index is 1.80. The lowest BCUT2D eigenvalue weighted by atomic mass is 10.1. The summed E-state index contributed by atoms with van der Waals surface area (Å²) in [6, 6.07) is 11.2. The van der Waals surface area contributed by atoms with Crippen LogP contribution in [0.3, 0.4) is 0 Å². The van der Waals surface area contributed by atoms with Gasteiger partial charge in [0.1, 0.15) is 5.82 Å². The Hall–Kier alpha value is -3.01. The van der Waals surface area contributed by atoms with Gasteiger partial charge in [-0.05, 0) is 29.8 Å². The van der Waals surface area contributed by atoms with Crippen molar-refractivity contribution in [3.63, 3.8) is 0 Å². The van der Waals surface area contributed by atoms with Crippen LogP contribution < -0.4 is 4.72 Å². The van der Waals surface area contributed by atoms with Gasteiger partial charge in [-0.2, -0.15) is 5.10 Å². The first-order valence-electron chi connectivity index (χ1n) is 8.74. The lowest BCUT2D eigenvalue weighted by Crippen LogP contribution is -2.30. The standard InChI is InChI=1S/C20H13Cl2FN4O3S/c1-31(29,30)26-20(28)13-8-15(21)18(9-16(13)23)27-17-5-4-11(7-14(17)19(22)25-27)12-3-2-6-24-10-12/h2-10H,1H3,(H,26,28). The number of halogens is 3. The van der Waals surface area contributed by atoms with Crippen LogP contribution >= 0.6 is 23.2 Å². The molecule has 1 N–H and O–H groups in total. The second-order valence-electron chi connectivity index (χ2n) is 6.66. The van der Waals surface area contributed by atoms with Gasteiger partial charge in [-0.15, -0.1) is 0 Å². The van der Waals surface area contributed by atoms with Crippen molar-refractivity contribution in [1.29, 1.82) is 0 Å². The number of carbonyl (C=O) groups is 1. The number of hydrogen-bond acceptors (Lipinski definition) is 5. The summed E-state index contributed by atoms with van der Waals surface area (Å²) in [5.74, 6) is -2.09. The van der Waals surface area contributed by atoms with Crippen molar-refractivity contribution in [2.24, 2.45) is 0 Å². The Labute approximate surface area is 186 Å². The number of nitrogens with one attached hydrogen (secondary N) is 1. The molecule has 4 rings (SSSR count). The zero-order valence-electron chi connectivity index (χ0n) is 15.8. The zero-order chi connectivity index (χ0) is 22.3. The zero-order valence-corrected chi connectivity index (χ0v) is 18.1. The largest absolute Gasteiger partial charge is 0.268 e. The minimum atomic E-state index is -3.86. The van der Waals surface area contributed by atoms with Crippen LogP contribution in [0.25, 0.3) is 27.7 Å². The SMILES string of the molecule is CS(=O)(=O)NC(=O)c1cc(Cl)c(-n2nc(Cl)c3cc(-c4cccnc4)ccc32)cc1F. The monoisotopic (exact) mass is 478 g/mol. The molecule has 0 spiro atoms. The van der Waals surface area contributed by atoms with Crippen molar-refractivity contribution in [2.45, 2.75) is 0 Å². The third-order valence-electron chi connectivity index (χ3n) is 4.42. The van der Waals surface area contributed by atoms with E-state index in [0.717, 1.165) is 29.5 Å². The number of carbonyl (C=O) groups excluding carboxylic acids is 1. The highest BCUT2D eigenvalue weighted by atomic mass is 35.5. The number of pyridine rings is 1. The van der Waals surface area contributed by atoms with E-state index >= 15 is 0 Å². The molecule has 0 radical (unpaired) electrons. The smallest absolute Gasteiger partial charge is 0.267 e. The maximum Gasteiger partial charge on any atom is 0.267 e. The normalized spacial score (nSPS) is 11.6. The van der Waals surface area contributed by atoms with Crippen LogP contribution in [0.5, 0.6) is 0 Å². The van der Waals surface area contributed by atoms with Gasteiger partial charge >= 0.3 is 0 Å². The van der Waals surface area contributed by atoms with E-state index in [9.17, 15) is 17.6 Å². The van der Waals surface area contributed by atoms with Gasteiger partial charge in [0.2, 0.25) is 10.0 Å². The highest BCUT2D eigenvalue weighted by Gasteiger charge is 2.21. The third-order valence-corrected chi connectivity index (χ3v) is 5.56. The average Bonchev–Trinajstić information content (AvgIpc) is 3.04. The maximum atomic E-state index is 14.6. The molecule has 7 nitrogen and oxygen atoms in total. The average molecular weight is 479 g/mol. The predicted octanol–water partition coefficient (Wildman–Crippen LogP) is 4.22. The van der Waals surface area contributed by atoms with Crippen LogP contribution in [0.15, 0.2) is 54.9 Å². The minimum absolute atomic E-state index is 0.0162. The molecule has 0 fully saturated rings. The highest BCUT2D eigenvalue weighted by Crippen LogP contribution is 2.33. The second kappa shape index (κ2) is 7.92. The number of amides is 1. The summed E-state index contributed by atoms with van der Waals surface area (Å²) in [4.78, 5) is 16.1. The summed E-state index contributed by atoms with van der Waals surface area (Å²) in [5, 5.41) is 5.02. The Kier molecular flexibility index (Phi) is 5.42.